The van der Waals surface area contributed by atoms with Crippen molar-refractivity contribution in [2.24, 2.45) is 5.92 Å². The van der Waals surface area contributed by atoms with E-state index in [1.54, 1.807) is 18.0 Å². The SMILES string of the molecule is O=C(NCC1CNCC1O)c1ccc(Sc2ccccn2)cc1. The summed E-state index contributed by atoms with van der Waals surface area (Å²) in [6.07, 6.45) is 1.38. The van der Waals surface area contributed by atoms with E-state index >= 15 is 0 Å². The maximum Gasteiger partial charge on any atom is 0.251 e. The molecular formula is C17H19N3O2S. The Labute approximate surface area is 139 Å². The van der Waals surface area contributed by atoms with Gasteiger partial charge < -0.3 is 15.7 Å². The van der Waals surface area contributed by atoms with Crippen molar-refractivity contribution in [2.45, 2.75) is 16.0 Å². The van der Waals surface area contributed by atoms with Crippen LogP contribution >= 0.6 is 11.8 Å². The third-order valence-electron chi connectivity index (χ3n) is 3.81. The van der Waals surface area contributed by atoms with Gasteiger partial charge in [0.25, 0.3) is 5.91 Å². The van der Waals surface area contributed by atoms with E-state index in [0.29, 0.717) is 18.7 Å². The molecule has 120 valence electrons. The number of aliphatic hydroxyl groups is 1. The first-order valence-electron chi connectivity index (χ1n) is 7.58. The highest BCUT2D eigenvalue weighted by atomic mass is 32.2. The number of aromatic nitrogens is 1. The molecule has 0 aliphatic carbocycles. The smallest absolute Gasteiger partial charge is 0.251 e. The zero-order chi connectivity index (χ0) is 16.1. The van der Waals surface area contributed by atoms with Crippen LogP contribution in [0.1, 0.15) is 10.4 Å². The van der Waals surface area contributed by atoms with Gasteiger partial charge in [-0.2, -0.15) is 0 Å². The molecule has 0 saturated carbocycles. The first-order chi connectivity index (χ1) is 11.2. The van der Waals surface area contributed by atoms with Gasteiger partial charge >= 0.3 is 0 Å². The van der Waals surface area contributed by atoms with E-state index in [2.05, 4.69) is 15.6 Å². The van der Waals surface area contributed by atoms with E-state index in [1.165, 1.54) is 0 Å². The standard InChI is InChI=1S/C17H19N3O2S/c21-15-11-18-9-13(15)10-20-17(22)12-4-6-14(7-5-12)23-16-3-1-2-8-19-16/h1-8,13,15,18,21H,9-11H2,(H,20,22). The van der Waals surface area contributed by atoms with E-state index < -0.39 is 0 Å². The molecule has 1 amide bonds. The fourth-order valence-electron chi connectivity index (χ4n) is 2.46. The second kappa shape index (κ2) is 7.59. The summed E-state index contributed by atoms with van der Waals surface area (Å²) in [6.45, 7) is 1.82. The highest BCUT2D eigenvalue weighted by Gasteiger charge is 2.25. The predicted octanol–water partition coefficient (Wildman–Crippen LogP) is 1.54. The van der Waals surface area contributed by atoms with Gasteiger partial charge in [0, 0.05) is 42.2 Å². The number of nitrogens with one attached hydrogen (secondary N) is 2. The summed E-state index contributed by atoms with van der Waals surface area (Å²) in [6, 6.07) is 13.2. The molecule has 2 atom stereocenters. The summed E-state index contributed by atoms with van der Waals surface area (Å²) >= 11 is 1.56. The molecule has 1 aromatic heterocycles. The van der Waals surface area contributed by atoms with Crippen LogP contribution in [-0.4, -0.2) is 41.7 Å². The van der Waals surface area contributed by atoms with Crippen molar-refractivity contribution in [3.05, 3.63) is 54.2 Å². The quantitative estimate of drug-likeness (QED) is 0.776. The molecule has 0 bridgehead atoms. The van der Waals surface area contributed by atoms with Gasteiger partial charge in [-0.25, -0.2) is 4.98 Å². The summed E-state index contributed by atoms with van der Waals surface area (Å²) in [4.78, 5) is 17.4. The van der Waals surface area contributed by atoms with E-state index in [0.717, 1.165) is 16.5 Å². The average molecular weight is 329 g/mol. The van der Waals surface area contributed by atoms with Gasteiger partial charge in [0.15, 0.2) is 0 Å². The lowest BCUT2D eigenvalue weighted by molar-refractivity contribution is 0.0927. The fourth-order valence-corrected chi connectivity index (χ4v) is 3.23. The summed E-state index contributed by atoms with van der Waals surface area (Å²) in [7, 11) is 0. The molecule has 6 heteroatoms. The number of pyridine rings is 1. The van der Waals surface area contributed by atoms with Crippen molar-refractivity contribution in [2.75, 3.05) is 19.6 Å². The molecular weight excluding hydrogens is 310 g/mol. The van der Waals surface area contributed by atoms with Crippen LogP contribution in [-0.2, 0) is 0 Å². The molecule has 0 radical (unpaired) electrons. The molecule has 5 nitrogen and oxygen atoms in total. The highest BCUT2D eigenvalue weighted by molar-refractivity contribution is 7.99. The number of benzene rings is 1. The Morgan fingerprint density at radius 3 is 2.74 bits per heavy atom. The molecule has 3 rings (SSSR count). The maximum atomic E-state index is 12.1. The average Bonchev–Trinajstić information content (AvgIpc) is 2.99. The maximum absolute atomic E-state index is 12.1. The van der Waals surface area contributed by atoms with Crippen LogP contribution < -0.4 is 10.6 Å². The largest absolute Gasteiger partial charge is 0.391 e. The molecule has 1 aliphatic heterocycles. The number of β-amino-alcohol motifs (C(OH)–C–C–N with tert-alkyl or cyclic N) is 1. The second-order valence-corrected chi connectivity index (χ2v) is 6.58. The van der Waals surface area contributed by atoms with Gasteiger partial charge in [-0.05, 0) is 36.4 Å². The van der Waals surface area contributed by atoms with E-state index in [-0.39, 0.29) is 17.9 Å². The number of nitrogens with zero attached hydrogens (tertiary/aromatic N) is 1. The van der Waals surface area contributed by atoms with Gasteiger partial charge in [0.05, 0.1) is 6.10 Å². The number of carbonyl (C=O) groups excluding carboxylic acids is 1. The van der Waals surface area contributed by atoms with Gasteiger partial charge in [-0.15, -0.1) is 0 Å². The Bertz CT molecular complexity index is 649. The Balaban J connectivity index is 1.55. The number of amides is 1. The van der Waals surface area contributed by atoms with Crippen LogP contribution in [0.5, 0.6) is 0 Å². The van der Waals surface area contributed by atoms with Gasteiger partial charge in [0.2, 0.25) is 0 Å². The number of hydrogen-bond donors (Lipinski definition) is 3. The van der Waals surface area contributed by atoms with Crippen molar-refractivity contribution in [1.82, 2.24) is 15.6 Å². The molecule has 2 aromatic rings. The molecule has 0 spiro atoms. The predicted molar refractivity (Wildman–Crippen MR) is 89.5 cm³/mol. The number of hydrogen-bond acceptors (Lipinski definition) is 5. The third-order valence-corrected chi connectivity index (χ3v) is 4.76. The molecule has 1 fully saturated rings. The molecule has 1 aromatic carbocycles. The molecule has 23 heavy (non-hydrogen) atoms. The van der Waals surface area contributed by atoms with Crippen molar-refractivity contribution in [1.29, 1.82) is 0 Å². The number of carbonyl (C=O) groups is 1. The van der Waals surface area contributed by atoms with Gasteiger partial charge in [-0.1, -0.05) is 17.8 Å². The van der Waals surface area contributed by atoms with E-state index in [9.17, 15) is 9.90 Å². The Morgan fingerprint density at radius 2 is 2.09 bits per heavy atom. The lowest BCUT2D eigenvalue weighted by atomic mass is 10.1. The van der Waals surface area contributed by atoms with E-state index in [1.807, 2.05) is 42.5 Å². The van der Waals surface area contributed by atoms with E-state index in [4.69, 9.17) is 0 Å². The van der Waals surface area contributed by atoms with Gasteiger partial charge in [0.1, 0.15) is 5.03 Å². The first kappa shape index (κ1) is 16.0. The summed E-state index contributed by atoms with van der Waals surface area (Å²) in [5.74, 6) is -0.0311. The van der Waals surface area contributed by atoms with Crippen molar-refractivity contribution >= 4 is 17.7 Å². The molecule has 1 saturated heterocycles. The fraction of sp³-hybridized carbons (Fsp3) is 0.294. The Kier molecular flexibility index (Phi) is 5.27. The first-order valence-corrected chi connectivity index (χ1v) is 8.40. The zero-order valence-electron chi connectivity index (χ0n) is 12.6. The molecule has 2 heterocycles. The summed E-state index contributed by atoms with van der Waals surface area (Å²) < 4.78 is 0. The normalized spacial score (nSPS) is 20.4. The van der Waals surface area contributed by atoms with Gasteiger partial charge in [-0.3, -0.25) is 4.79 Å². The van der Waals surface area contributed by atoms with Crippen molar-refractivity contribution < 1.29 is 9.90 Å². The summed E-state index contributed by atoms with van der Waals surface area (Å²) in [5, 5.41) is 16.6. The minimum atomic E-state index is -0.382. The minimum Gasteiger partial charge on any atom is -0.391 e. The number of rotatable bonds is 5. The van der Waals surface area contributed by atoms with Crippen LogP contribution in [0.25, 0.3) is 0 Å². The van der Waals surface area contributed by atoms with Crippen LogP contribution in [0, 0.1) is 5.92 Å². The third kappa shape index (κ3) is 4.31. The second-order valence-electron chi connectivity index (χ2n) is 5.49. The van der Waals surface area contributed by atoms with Crippen LogP contribution in [0.2, 0.25) is 0 Å². The monoisotopic (exact) mass is 329 g/mol. The zero-order valence-corrected chi connectivity index (χ0v) is 13.4. The topological polar surface area (TPSA) is 74.2 Å². The Morgan fingerprint density at radius 1 is 1.26 bits per heavy atom. The van der Waals surface area contributed by atoms with Crippen LogP contribution in [0.4, 0.5) is 0 Å². The molecule has 2 unspecified atom stereocenters. The minimum absolute atomic E-state index is 0.0814. The number of aliphatic hydroxyl groups excluding tert-OH is 1. The molecule has 1 aliphatic rings. The highest BCUT2D eigenvalue weighted by Crippen LogP contribution is 2.25. The van der Waals surface area contributed by atoms with Crippen LogP contribution in [0.3, 0.4) is 0 Å². The summed E-state index contributed by atoms with van der Waals surface area (Å²) in [5.41, 5.74) is 0.621. The van der Waals surface area contributed by atoms with Crippen LogP contribution in [0.15, 0.2) is 58.6 Å². The lowest BCUT2D eigenvalue weighted by Crippen LogP contribution is -2.34. The Hall–Kier alpha value is -1.89. The van der Waals surface area contributed by atoms with Crippen molar-refractivity contribution in [3.63, 3.8) is 0 Å². The lowest BCUT2D eigenvalue weighted by Gasteiger charge is -2.14. The van der Waals surface area contributed by atoms with Crippen molar-refractivity contribution in [3.8, 4) is 0 Å². The molecule has 3 N–H and O–H groups in total.